The van der Waals surface area contributed by atoms with Gasteiger partial charge in [-0.1, -0.05) is 39.8 Å². The molecule has 0 amide bonds. The van der Waals surface area contributed by atoms with E-state index in [-0.39, 0.29) is 0 Å². The second kappa shape index (κ2) is 3.82. The lowest BCUT2D eigenvalue weighted by Gasteiger charge is -2.12. The van der Waals surface area contributed by atoms with Gasteiger partial charge in [0.1, 0.15) is 0 Å². The molecular weight excluding hydrogens is 158 g/mol. The van der Waals surface area contributed by atoms with Crippen molar-refractivity contribution in [2.75, 3.05) is 0 Å². The molecule has 1 rings (SSSR count). The summed E-state index contributed by atoms with van der Waals surface area (Å²) in [4.78, 5) is 0. The van der Waals surface area contributed by atoms with Crippen LogP contribution < -0.4 is 5.73 Å². The number of hydrogen-bond donors (Lipinski definition) is 0. The Bertz CT molecular complexity index is 287. The maximum Gasteiger partial charge on any atom is 0.0577 e. The molecule has 1 aromatic rings. The van der Waals surface area contributed by atoms with Crippen LogP contribution in [0, 0.1) is 0 Å². The average Bonchev–Trinajstić information content (AvgIpc) is 2.03. The molecule has 0 aliphatic carbocycles. The topological polar surface area (TPSA) is 23.8 Å². The van der Waals surface area contributed by atoms with Crippen LogP contribution in [0.5, 0.6) is 0 Å². The number of nitrogens with one attached hydrogen (secondary N) is 1. The molecule has 1 aromatic carbocycles. The highest BCUT2D eigenvalue weighted by atomic mass is 14.6. The first-order valence-electron chi connectivity index (χ1n) is 4.87. The summed E-state index contributed by atoms with van der Waals surface area (Å²) < 4.78 is 0. The molecule has 0 saturated carbocycles. The van der Waals surface area contributed by atoms with Crippen LogP contribution in [0.25, 0.3) is 0 Å². The Morgan fingerprint density at radius 3 is 2.00 bits per heavy atom. The summed E-state index contributed by atoms with van der Waals surface area (Å²) in [7, 11) is 0. The van der Waals surface area contributed by atoms with Crippen LogP contribution in [-0.2, 0) is 0 Å². The first-order chi connectivity index (χ1) is 6.02. The average molecular weight is 176 g/mol. The fourth-order valence-corrected chi connectivity index (χ4v) is 1.44. The lowest BCUT2D eigenvalue weighted by Crippen LogP contribution is -1.93. The van der Waals surface area contributed by atoms with Gasteiger partial charge in [0.15, 0.2) is 0 Å². The Balaban J connectivity index is 3.06. The standard InChI is InChI=1S/C12H18N/c1-8(2)10-5-6-11(9(3)4)12(13)7-10/h5-9,13H,1-4H3. The van der Waals surface area contributed by atoms with E-state index in [2.05, 4.69) is 39.8 Å². The van der Waals surface area contributed by atoms with E-state index in [0.29, 0.717) is 17.5 Å². The van der Waals surface area contributed by atoms with Gasteiger partial charge in [0.05, 0.1) is 5.69 Å². The molecule has 1 nitrogen and oxygen atoms in total. The molecular formula is C12H18N. The molecule has 0 heterocycles. The molecule has 0 saturated heterocycles. The van der Waals surface area contributed by atoms with E-state index in [1.54, 1.807) is 0 Å². The highest BCUT2D eigenvalue weighted by Gasteiger charge is 2.06. The minimum Gasteiger partial charge on any atom is -0.301 e. The van der Waals surface area contributed by atoms with Crippen LogP contribution in [0.1, 0.15) is 50.7 Å². The van der Waals surface area contributed by atoms with Crippen molar-refractivity contribution in [2.24, 2.45) is 0 Å². The van der Waals surface area contributed by atoms with Gasteiger partial charge in [0, 0.05) is 0 Å². The third-order valence-electron chi connectivity index (χ3n) is 2.37. The van der Waals surface area contributed by atoms with Crippen molar-refractivity contribution in [1.29, 1.82) is 0 Å². The predicted octanol–water partition coefficient (Wildman–Crippen LogP) is 3.85. The van der Waals surface area contributed by atoms with Crippen molar-refractivity contribution in [3.8, 4) is 0 Å². The third-order valence-corrected chi connectivity index (χ3v) is 2.37. The maximum absolute atomic E-state index is 7.84. The summed E-state index contributed by atoms with van der Waals surface area (Å²) in [5.41, 5.74) is 10.9. The molecule has 0 aromatic heterocycles. The summed E-state index contributed by atoms with van der Waals surface area (Å²) in [5, 5.41) is 0. The Labute approximate surface area is 81.0 Å². The van der Waals surface area contributed by atoms with Gasteiger partial charge >= 0.3 is 0 Å². The zero-order chi connectivity index (χ0) is 10.0. The van der Waals surface area contributed by atoms with Crippen molar-refractivity contribution in [3.05, 3.63) is 29.3 Å². The maximum atomic E-state index is 7.84. The highest BCUT2D eigenvalue weighted by molar-refractivity contribution is 5.48. The molecule has 0 atom stereocenters. The minimum atomic E-state index is 0.453. The van der Waals surface area contributed by atoms with Crippen molar-refractivity contribution in [3.63, 3.8) is 0 Å². The first kappa shape index (κ1) is 10.1. The largest absolute Gasteiger partial charge is 0.301 e. The van der Waals surface area contributed by atoms with E-state index in [1.165, 1.54) is 5.56 Å². The Kier molecular flexibility index (Phi) is 2.97. The first-order valence-corrected chi connectivity index (χ1v) is 4.87. The summed E-state index contributed by atoms with van der Waals surface area (Å²) in [5.74, 6) is 0.971. The van der Waals surface area contributed by atoms with E-state index >= 15 is 0 Å². The highest BCUT2D eigenvalue weighted by Crippen LogP contribution is 2.26. The SMILES string of the molecule is CC(C)c1ccc(C(C)C)c([NH])c1. The zero-order valence-corrected chi connectivity index (χ0v) is 8.89. The van der Waals surface area contributed by atoms with Crippen LogP contribution in [0.2, 0.25) is 0 Å². The number of hydrogen-bond acceptors (Lipinski definition) is 0. The fraction of sp³-hybridized carbons (Fsp3) is 0.500. The minimum absolute atomic E-state index is 0.453. The van der Waals surface area contributed by atoms with Crippen LogP contribution >= 0.6 is 0 Å². The van der Waals surface area contributed by atoms with Gasteiger partial charge in [-0.15, -0.1) is 0 Å². The fourth-order valence-electron chi connectivity index (χ4n) is 1.44. The van der Waals surface area contributed by atoms with Crippen LogP contribution in [0.15, 0.2) is 18.2 Å². The monoisotopic (exact) mass is 176 g/mol. The van der Waals surface area contributed by atoms with Gasteiger partial charge in [-0.05, 0) is 29.0 Å². The van der Waals surface area contributed by atoms with Gasteiger partial charge < -0.3 is 5.73 Å². The smallest absolute Gasteiger partial charge is 0.0577 e. The molecule has 13 heavy (non-hydrogen) atoms. The van der Waals surface area contributed by atoms with Gasteiger partial charge in [0.25, 0.3) is 0 Å². The zero-order valence-electron chi connectivity index (χ0n) is 8.89. The summed E-state index contributed by atoms with van der Waals surface area (Å²) in [6, 6.07) is 6.21. The van der Waals surface area contributed by atoms with E-state index in [0.717, 1.165) is 5.56 Å². The lowest BCUT2D eigenvalue weighted by atomic mass is 9.95. The Hall–Kier alpha value is -0.980. The molecule has 1 heteroatoms. The molecule has 0 bridgehead atoms. The van der Waals surface area contributed by atoms with Crippen LogP contribution in [-0.4, -0.2) is 0 Å². The van der Waals surface area contributed by atoms with Crippen molar-refractivity contribution in [1.82, 2.24) is 5.73 Å². The van der Waals surface area contributed by atoms with Gasteiger partial charge in [-0.2, -0.15) is 0 Å². The van der Waals surface area contributed by atoms with E-state index in [1.807, 2.05) is 6.07 Å². The van der Waals surface area contributed by atoms with E-state index in [4.69, 9.17) is 5.73 Å². The molecule has 1 radical (unpaired) electrons. The summed E-state index contributed by atoms with van der Waals surface area (Å²) in [6.45, 7) is 8.57. The molecule has 0 spiro atoms. The van der Waals surface area contributed by atoms with Crippen LogP contribution in [0.3, 0.4) is 0 Å². The predicted molar refractivity (Wildman–Crippen MR) is 57.4 cm³/mol. The normalized spacial score (nSPS) is 11.2. The van der Waals surface area contributed by atoms with Crippen molar-refractivity contribution >= 4 is 5.69 Å². The second-order valence-electron chi connectivity index (χ2n) is 4.16. The molecule has 0 aliphatic rings. The van der Waals surface area contributed by atoms with E-state index in [9.17, 15) is 0 Å². The molecule has 0 aliphatic heterocycles. The van der Waals surface area contributed by atoms with E-state index < -0.39 is 0 Å². The quantitative estimate of drug-likeness (QED) is 0.653. The molecule has 71 valence electrons. The molecule has 1 N–H and O–H groups in total. The summed E-state index contributed by atoms with van der Waals surface area (Å²) in [6.07, 6.45) is 0. The Morgan fingerprint density at radius 1 is 1.00 bits per heavy atom. The number of rotatable bonds is 2. The Morgan fingerprint density at radius 2 is 1.62 bits per heavy atom. The lowest BCUT2D eigenvalue weighted by molar-refractivity contribution is 0.844. The number of benzene rings is 1. The van der Waals surface area contributed by atoms with Gasteiger partial charge in [0.2, 0.25) is 0 Å². The van der Waals surface area contributed by atoms with Crippen molar-refractivity contribution < 1.29 is 0 Å². The van der Waals surface area contributed by atoms with Crippen molar-refractivity contribution in [2.45, 2.75) is 39.5 Å². The molecule has 0 fully saturated rings. The summed E-state index contributed by atoms with van der Waals surface area (Å²) >= 11 is 0. The van der Waals surface area contributed by atoms with Gasteiger partial charge in [-0.25, -0.2) is 0 Å². The molecule has 0 unspecified atom stereocenters. The van der Waals surface area contributed by atoms with Crippen LogP contribution in [0.4, 0.5) is 5.69 Å². The second-order valence-corrected chi connectivity index (χ2v) is 4.16. The third kappa shape index (κ3) is 2.24. The van der Waals surface area contributed by atoms with Gasteiger partial charge in [-0.3, -0.25) is 0 Å².